The van der Waals surface area contributed by atoms with E-state index in [0.29, 0.717) is 12.1 Å². The molecular formula is C17H19F2NO. The fraction of sp³-hybridized carbons (Fsp3) is 0.294. The summed E-state index contributed by atoms with van der Waals surface area (Å²) in [5, 5.41) is 3.21. The van der Waals surface area contributed by atoms with Crippen LogP contribution in [0.2, 0.25) is 0 Å². The zero-order valence-corrected chi connectivity index (χ0v) is 12.0. The fourth-order valence-corrected chi connectivity index (χ4v) is 1.97. The van der Waals surface area contributed by atoms with Crippen LogP contribution >= 0.6 is 0 Å². The Kier molecular flexibility index (Phi) is 5.69. The van der Waals surface area contributed by atoms with Crippen molar-refractivity contribution >= 4 is 0 Å². The average molecular weight is 291 g/mol. The van der Waals surface area contributed by atoms with Crippen molar-refractivity contribution < 1.29 is 13.5 Å². The number of nitrogens with one attached hydrogen (secondary N) is 1. The number of halogens is 2. The molecule has 2 rings (SSSR count). The molecule has 0 unspecified atom stereocenters. The molecule has 0 saturated carbocycles. The Labute approximate surface area is 123 Å². The molecule has 0 saturated heterocycles. The van der Waals surface area contributed by atoms with Crippen LogP contribution in [0.4, 0.5) is 8.78 Å². The van der Waals surface area contributed by atoms with Crippen molar-refractivity contribution in [3.05, 3.63) is 65.2 Å². The maximum Gasteiger partial charge on any atom is 0.165 e. The van der Waals surface area contributed by atoms with E-state index >= 15 is 0 Å². The summed E-state index contributed by atoms with van der Waals surface area (Å²) in [6.45, 7) is 3.76. The highest BCUT2D eigenvalue weighted by atomic mass is 19.1. The summed E-state index contributed by atoms with van der Waals surface area (Å²) in [5.41, 5.74) is 1.54. The van der Waals surface area contributed by atoms with Gasteiger partial charge in [-0.25, -0.2) is 8.78 Å². The van der Waals surface area contributed by atoms with Gasteiger partial charge >= 0.3 is 0 Å². The van der Waals surface area contributed by atoms with Gasteiger partial charge in [-0.2, -0.15) is 0 Å². The molecule has 0 atom stereocenters. The average Bonchev–Trinajstić information content (AvgIpc) is 2.47. The molecule has 0 heterocycles. The first kappa shape index (κ1) is 15.4. The minimum atomic E-state index is -0.401. The van der Waals surface area contributed by atoms with Gasteiger partial charge in [0.1, 0.15) is 12.4 Å². The standard InChI is InChI=1S/C17H19F2NO/c1-2-8-20-11-13-6-7-17(16(19)10-13)21-12-14-4-3-5-15(18)9-14/h3-7,9-10,20H,2,8,11-12H2,1H3. The molecule has 0 fully saturated rings. The Balaban J connectivity index is 1.94. The summed E-state index contributed by atoms with van der Waals surface area (Å²) in [7, 11) is 0. The zero-order valence-electron chi connectivity index (χ0n) is 12.0. The molecule has 0 aliphatic rings. The van der Waals surface area contributed by atoms with Crippen molar-refractivity contribution in [2.45, 2.75) is 26.5 Å². The van der Waals surface area contributed by atoms with Gasteiger partial charge in [0.15, 0.2) is 11.6 Å². The second-order valence-corrected chi connectivity index (χ2v) is 4.86. The van der Waals surface area contributed by atoms with Crippen LogP contribution in [0, 0.1) is 11.6 Å². The van der Waals surface area contributed by atoms with Crippen molar-refractivity contribution in [2.75, 3.05) is 6.54 Å². The third-order valence-electron chi connectivity index (χ3n) is 3.04. The second kappa shape index (κ2) is 7.74. The van der Waals surface area contributed by atoms with E-state index in [0.717, 1.165) is 18.5 Å². The van der Waals surface area contributed by atoms with Crippen LogP contribution in [0.3, 0.4) is 0 Å². The van der Waals surface area contributed by atoms with Crippen molar-refractivity contribution in [1.82, 2.24) is 5.32 Å². The lowest BCUT2D eigenvalue weighted by atomic mass is 10.2. The second-order valence-electron chi connectivity index (χ2n) is 4.86. The van der Waals surface area contributed by atoms with Gasteiger partial charge in [-0.05, 0) is 48.4 Å². The van der Waals surface area contributed by atoms with E-state index in [1.54, 1.807) is 18.2 Å². The van der Waals surface area contributed by atoms with E-state index in [2.05, 4.69) is 12.2 Å². The molecule has 21 heavy (non-hydrogen) atoms. The lowest BCUT2D eigenvalue weighted by Crippen LogP contribution is -2.13. The van der Waals surface area contributed by atoms with Crippen LogP contribution in [-0.2, 0) is 13.2 Å². The molecule has 0 aliphatic heterocycles. The Morgan fingerprint density at radius 1 is 1.05 bits per heavy atom. The van der Waals surface area contributed by atoms with Crippen LogP contribution < -0.4 is 10.1 Å². The highest BCUT2D eigenvalue weighted by Gasteiger charge is 2.05. The van der Waals surface area contributed by atoms with Crippen LogP contribution in [0.25, 0.3) is 0 Å². The predicted molar refractivity (Wildman–Crippen MR) is 79.1 cm³/mol. The number of rotatable bonds is 7. The minimum Gasteiger partial charge on any atom is -0.486 e. The van der Waals surface area contributed by atoms with Gasteiger partial charge in [0.25, 0.3) is 0 Å². The first-order valence-electron chi connectivity index (χ1n) is 7.05. The molecule has 0 spiro atoms. The molecule has 112 valence electrons. The van der Waals surface area contributed by atoms with Crippen molar-refractivity contribution in [2.24, 2.45) is 0 Å². The van der Waals surface area contributed by atoms with Gasteiger partial charge in [-0.3, -0.25) is 0 Å². The number of hydrogen-bond donors (Lipinski definition) is 1. The quantitative estimate of drug-likeness (QED) is 0.777. The third-order valence-corrected chi connectivity index (χ3v) is 3.04. The monoisotopic (exact) mass is 291 g/mol. The Bertz CT molecular complexity index is 587. The predicted octanol–water partition coefficient (Wildman–Crippen LogP) is 4.04. The molecule has 4 heteroatoms. The van der Waals surface area contributed by atoms with Crippen LogP contribution in [-0.4, -0.2) is 6.54 Å². The Morgan fingerprint density at radius 3 is 2.62 bits per heavy atom. The topological polar surface area (TPSA) is 21.3 Å². The number of hydrogen-bond acceptors (Lipinski definition) is 2. The van der Waals surface area contributed by atoms with E-state index < -0.39 is 5.82 Å². The smallest absolute Gasteiger partial charge is 0.165 e. The number of benzene rings is 2. The normalized spacial score (nSPS) is 10.6. The minimum absolute atomic E-state index is 0.141. The van der Waals surface area contributed by atoms with Crippen LogP contribution in [0.1, 0.15) is 24.5 Å². The SMILES string of the molecule is CCCNCc1ccc(OCc2cccc(F)c2)c(F)c1. The molecular weight excluding hydrogens is 272 g/mol. The van der Waals surface area contributed by atoms with Gasteiger partial charge in [-0.1, -0.05) is 25.1 Å². The molecule has 1 N–H and O–H groups in total. The maximum absolute atomic E-state index is 13.9. The van der Waals surface area contributed by atoms with E-state index in [1.165, 1.54) is 18.2 Å². The van der Waals surface area contributed by atoms with Crippen LogP contribution in [0.15, 0.2) is 42.5 Å². The van der Waals surface area contributed by atoms with Crippen molar-refractivity contribution in [3.8, 4) is 5.75 Å². The lowest BCUT2D eigenvalue weighted by molar-refractivity contribution is 0.289. The van der Waals surface area contributed by atoms with Crippen molar-refractivity contribution in [1.29, 1.82) is 0 Å². The highest BCUT2D eigenvalue weighted by molar-refractivity contribution is 5.29. The Hall–Kier alpha value is -1.94. The van der Waals surface area contributed by atoms with Gasteiger partial charge in [0, 0.05) is 6.54 Å². The van der Waals surface area contributed by atoms with E-state index in [1.807, 2.05) is 6.07 Å². The van der Waals surface area contributed by atoms with Crippen LogP contribution in [0.5, 0.6) is 5.75 Å². The summed E-state index contributed by atoms with van der Waals surface area (Å²) in [6.07, 6.45) is 1.04. The van der Waals surface area contributed by atoms with E-state index in [9.17, 15) is 8.78 Å². The molecule has 0 aliphatic carbocycles. The Morgan fingerprint density at radius 2 is 1.90 bits per heavy atom. The molecule has 2 nitrogen and oxygen atoms in total. The zero-order chi connectivity index (χ0) is 15.1. The molecule has 0 amide bonds. The summed E-state index contributed by atoms with van der Waals surface area (Å²) in [5.74, 6) is -0.547. The molecule has 2 aromatic rings. The van der Waals surface area contributed by atoms with E-state index in [4.69, 9.17) is 4.74 Å². The fourth-order valence-electron chi connectivity index (χ4n) is 1.97. The highest BCUT2D eigenvalue weighted by Crippen LogP contribution is 2.20. The summed E-state index contributed by atoms with van der Waals surface area (Å²) >= 11 is 0. The molecule has 0 aromatic heterocycles. The summed E-state index contributed by atoms with van der Waals surface area (Å²) in [6, 6.07) is 11.0. The number of ether oxygens (including phenoxy) is 1. The van der Waals surface area contributed by atoms with Gasteiger partial charge in [-0.15, -0.1) is 0 Å². The molecule has 2 aromatic carbocycles. The molecule has 0 radical (unpaired) electrons. The maximum atomic E-state index is 13.9. The van der Waals surface area contributed by atoms with E-state index in [-0.39, 0.29) is 18.2 Å². The van der Waals surface area contributed by atoms with Gasteiger partial charge in [0.05, 0.1) is 0 Å². The first-order valence-corrected chi connectivity index (χ1v) is 7.05. The largest absolute Gasteiger partial charge is 0.486 e. The lowest BCUT2D eigenvalue weighted by Gasteiger charge is -2.09. The summed E-state index contributed by atoms with van der Waals surface area (Å²) < 4.78 is 32.3. The van der Waals surface area contributed by atoms with Gasteiger partial charge < -0.3 is 10.1 Å². The summed E-state index contributed by atoms with van der Waals surface area (Å²) in [4.78, 5) is 0. The molecule has 0 bridgehead atoms. The first-order chi connectivity index (χ1) is 10.2. The third kappa shape index (κ3) is 4.83. The van der Waals surface area contributed by atoms with Gasteiger partial charge in [0.2, 0.25) is 0 Å². The van der Waals surface area contributed by atoms with Crippen molar-refractivity contribution in [3.63, 3.8) is 0 Å².